The highest BCUT2D eigenvalue weighted by Crippen LogP contribution is 2.32. The molecule has 3 rings (SSSR count). The zero-order valence-corrected chi connectivity index (χ0v) is 17.6. The zero-order valence-electron chi connectivity index (χ0n) is 16.8. The number of amides is 2. The van der Waals surface area contributed by atoms with Crippen LogP contribution in [0.5, 0.6) is 0 Å². The van der Waals surface area contributed by atoms with E-state index in [1.165, 1.54) is 31.4 Å². The summed E-state index contributed by atoms with van der Waals surface area (Å²) in [6, 6.07) is 12.2. The molecule has 0 saturated heterocycles. The Morgan fingerprint density at radius 3 is 2.32 bits per heavy atom. The van der Waals surface area contributed by atoms with E-state index in [-0.39, 0.29) is 22.0 Å². The van der Waals surface area contributed by atoms with Gasteiger partial charge in [0.2, 0.25) is 0 Å². The van der Waals surface area contributed by atoms with Crippen LogP contribution in [0.25, 0.3) is 0 Å². The second kappa shape index (κ2) is 9.44. The summed E-state index contributed by atoms with van der Waals surface area (Å²) in [5.74, 6) is -2.65. The fraction of sp³-hybridized carbons (Fsp3) is 0.182. The molecule has 1 aliphatic rings. The van der Waals surface area contributed by atoms with Crippen molar-refractivity contribution in [1.82, 2.24) is 0 Å². The van der Waals surface area contributed by atoms with Crippen LogP contribution in [0.15, 0.2) is 59.3 Å². The van der Waals surface area contributed by atoms with Gasteiger partial charge in [0.05, 0.1) is 30.5 Å². The second-order valence-corrected chi connectivity index (χ2v) is 6.86. The Kier molecular flexibility index (Phi) is 6.71. The Morgan fingerprint density at radius 2 is 1.68 bits per heavy atom. The second-order valence-electron chi connectivity index (χ2n) is 6.48. The van der Waals surface area contributed by atoms with Crippen LogP contribution in [0, 0.1) is 0 Å². The molecule has 0 aromatic heterocycles. The first kappa shape index (κ1) is 22.0. The predicted octanol–water partition coefficient (Wildman–Crippen LogP) is 3.48. The van der Waals surface area contributed by atoms with E-state index < -0.39 is 23.8 Å². The normalized spacial score (nSPS) is 13.5. The van der Waals surface area contributed by atoms with Crippen molar-refractivity contribution in [2.45, 2.75) is 13.3 Å². The van der Waals surface area contributed by atoms with Crippen LogP contribution in [-0.4, -0.2) is 37.5 Å². The fourth-order valence-corrected chi connectivity index (χ4v) is 3.11. The number of nitrogens with one attached hydrogen (secondary N) is 1. The molecule has 0 radical (unpaired) electrons. The summed E-state index contributed by atoms with van der Waals surface area (Å²) in [4.78, 5) is 50.4. The first-order valence-corrected chi connectivity index (χ1v) is 9.77. The van der Waals surface area contributed by atoms with Gasteiger partial charge in [0.15, 0.2) is 0 Å². The fourth-order valence-electron chi connectivity index (χ4n) is 2.89. The van der Waals surface area contributed by atoms with E-state index in [1.807, 2.05) is 6.92 Å². The van der Waals surface area contributed by atoms with E-state index in [0.717, 1.165) is 4.90 Å². The number of carbonyl (C=O) groups is 4. The Labute approximate surface area is 183 Å². The summed E-state index contributed by atoms with van der Waals surface area (Å²) < 4.78 is 9.79. The van der Waals surface area contributed by atoms with Crippen LogP contribution in [-0.2, 0) is 19.1 Å². The number of anilines is 2. The lowest BCUT2D eigenvalue weighted by molar-refractivity contribution is -0.120. The van der Waals surface area contributed by atoms with Crippen molar-refractivity contribution >= 4 is 46.7 Å². The first-order chi connectivity index (χ1) is 14.9. The maximum atomic E-state index is 13.0. The van der Waals surface area contributed by atoms with E-state index >= 15 is 0 Å². The van der Waals surface area contributed by atoms with Crippen LogP contribution in [0.4, 0.5) is 11.4 Å². The van der Waals surface area contributed by atoms with Crippen molar-refractivity contribution in [2.75, 3.05) is 23.9 Å². The van der Waals surface area contributed by atoms with E-state index in [9.17, 15) is 19.2 Å². The molecule has 2 aromatic carbocycles. The third-order valence-electron chi connectivity index (χ3n) is 4.40. The third-order valence-corrected chi connectivity index (χ3v) is 4.76. The van der Waals surface area contributed by atoms with Gasteiger partial charge in [-0.05, 0) is 42.8 Å². The number of para-hydroxylation sites is 1. The summed E-state index contributed by atoms with van der Waals surface area (Å²) in [6.45, 7) is 2.21. The number of rotatable bonds is 7. The highest BCUT2D eigenvalue weighted by Gasteiger charge is 2.40. The van der Waals surface area contributed by atoms with Gasteiger partial charge in [-0.3, -0.25) is 9.59 Å². The topological polar surface area (TPSA) is 102 Å². The Hall–Kier alpha value is -3.65. The van der Waals surface area contributed by atoms with Crippen molar-refractivity contribution < 1.29 is 28.7 Å². The minimum atomic E-state index is -0.773. The largest absolute Gasteiger partial charge is 0.465 e. The number of nitrogens with zero attached hydrogens (tertiary/aromatic N) is 1. The molecule has 1 heterocycles. The summed E-state index contributed by atoms with van der Waals surface area (Å²) >= 11 is 6.14. The standard InChI is InChI=1S/C22H19ClN2O6/c1-3-12-31-21(28)13-8-10-14(11-9-13)24-18-17(23)19(26)25(20(18)27)16-7-5-4-6-15(16)22(29)30-2/h4-11,24H,3,12H2,1-2H3. The molecule has 0 bridgehead atoms. The van der Waals surface area contributed by atoms with Crippen LogP contribution in [0.2, 0.25) is 0 Å². The molecule has 1 N–H and O–H groups in total. The van der Waals surface area contributed by atoms with Crippen LogP contribution in [0.1, 0.15) is 34.1 Å². The molecule has 1 aliphatic heterocycles. The molecule has 160 valence electrons. The molecule has 0 aliphatic carbocycles. The Balaban J connectivity index is 1.83. The first-order valence-electron chi connectivity index (χ1n) is 9.39. The van der Waals surface area contributed by atoms with Crippen molar-refractivity contribution in [3.8, 4) is 0 Å². The minimum Gasteiger partial charge on any atom is -0.465 e. The molecule has 0 saturated carbocycles. The summed E-state index contributed by atoms with van der Waals surface area (Å²) in [5.41, 5.74) is 0.749. The molecular formula is C22H19ClN2O6. The van der Waals surface area contributed by atoms with Gasteiger partial charge in [0, 0.05) is 5.69 Å². The quantitative estimate of drug-likeness (QED) is 0.517. The predicted molar refractivity (Wildman–Crippen MR) is 114 cm³/mol. The molecule has 2 aromatic rings. The molecular weight excluding hydrogens is 424 g/mol. The average Bonchev–Trinajstić information content (AvgIpc) is 3.00. The molecule has 0 unspecified atom stereocenters. The van der Waals surface area contributed by atoms with Gasteiger partial charge in [-0.2, -0.15) is 0 Å². The van der Waals surface area contributed by atoms with Gasteiger partial charge in [0.25, 0.3) is 11.8 Å². The molecule has 0 spiro atoms. The average molecular weight is 443 g/mol. The molecule has 0 atom stereocenters. The SMILES string of the molecule is CCCOC(=O)c1ccc(NC2=C(Cl)C(=O)N(c3ccccc3C(=O)OC)C2=O)cc1. The Bertz CT molecular complexity index is 1080. The number of carbonyl (C=O) groups excluding carboxylic acids is 4. The number of benzene rings is 2. The number of halogens is 1. The maximum Gasteiger partial charge on any atom is 0.339 e. The zero-order chi connectivity index (χ0) is 22.5. The molecule has 2 amide bonds. The van der Waals surface area contributed by atoms with E-state index in [4.69, 9.17) is 21.1 Å². The van der Waals surface area contributed by atoms with Crippen molar-refractivity contribution in [1.29, 1.82) is 0 Å². The van der Waals surface area contributed by atoms with Gasteiger partial charge < -0.3 is 14.8 Å². The number of methoxy groups -OCH3 is 1. The van der Waals surface area contributed by atoms with E-state index in [1.54, 1.807) is 24.3 Å². The lowest BCUT2D eigenvalue weighted by Gasteiger charge is -2.17. The van der Waals surface area contributed by atoms with Crippen molar-refractivity contribution in [2.24, 2.45) is 0 Å². The van der Waals surface area contributed by atoms with E-state index in [0.29, 0.717) is 24.3 Å². The lowest BCUT2D eigenvalue weighted by atomic mass is 10.1. The number of ether oxygens (including phenoxy) is 2. The van der Waals surface area contributed by atoms with Gasteiger partial charge in [-0.1, -0.05) is 30.7 Å². The van der Waals surface area contributed by atoms with Crippen molar-refractivity contribution in [3.63, 3.8) is 0 Å². The number of esters is 2. The number of hydrogen-bond donors (Lipinski definition) is 1. The van der Waals surface area contributed by atoms with Gasteiger partial charge in [-0.15, -0.1) is 0 Å². The van der Waals surface area contributed by atoms with Gasteiger partial charge in [-0.25, -0.2) is 14.5 Å². The van der Waals surface area contributed by atoms with E-state index in [2.05, 4.69) is 5.32 Å². The third kappa shape index (κ3) is 4.44. The van der Waals surface area contributed by atoms with Gasteiger partial charge in [0.1, 0.15) is 10.7 Å². The number of hydrogen-bond acceptors (Lipinski definition) is 7. The minimum absolute atomic E-state index is 0.0485. The number of imide groups is 1. The smallest absolute Gasteiger partial charge is 0.339 e. The highest BCUT2D eigenvalue weighted by atomic mass is 35.5. The molecule has 0 fully saturated rings. The lowest BCUT2D eigenvalue weighted by Crippen LogP contribution is -2.33. The molecule has 8 nitrogen and oxygen atoms in total. The highest BCUT2D eigenvalue weighted by molar-refractivity contribution is 6.53. The summed E-state index contributed by atoms with van der Waals surface area (Å²) in [6.07, 6.45) is 0.712. The molecule has 31 heavy (non-hydrogen) atoms. The van der Waals surface area contributed by atoms with Gasteiger partial charge >= 0.3 is 11.9 Å². The molecule has 9 heteroatoms. The monoisotopic (exact) mass is 442 g/mol. The van der Waals surface area contributed by atoms with Crippen LogP contribution in [0.3, 0.4) is 0 Å². The van der Waals surface area contributed by atoms with Crippen molar-refractivity contribution in [3.05, 3.63) is 70.4 Å². The summed E-state index contributed by atoms with van der Waals surface area (Å²) in [5, 5.41) is 2.49. The summed E-state index contributed by atoms with van der Waals surface area (Å²) in [7, 11) is 1.20. The van der Waals surface area contributed by atoms with Crippen LogP contribution >= 0.6 is 11.6 Å². The maximum absolute atomic E-state index is 13.0. The van der Waals surface area contributed by atoms with Crippen LogP contribution < -0.4 is 10.2 Å². The Morgan fingerprint density at radius 1 is 1.00 bits per heavy atom.